The van der Waals surface area contributed by atoms with Crippen molar-refractivity contribution >= 4 is 22.5 Å². The summed E-state index contributed by atoms with van der Waals surface area (Å²) in [5.41, 5.74) is 3.04. The van der Waals surface area contributed by atoms with Gasteiger partial charge in [-0.3, -0.25) is 14.7 Å². The second kappa shape index (κ2) is 8.05. The number of thioether (sulfide) groups is 1. The van der Waals surface area contributed by atoms with Gasteiger partial charge in [0.25, 0.3) is 0 Å². The number of nitro groups is 1. The van der Waals surface area contributed by atoms with Crippen LogP contribution in [0.4, 0.5) is 0 Å². The zero-order valence-corrected chi connectivity index (χ0v) is 17.0. The molecule has 0 radical (unpaired) electrons. The Morgan fingerprint density at radius 2 is 1.72 bits per heavy atom. The van der Waals surface area contributed by atoms with E-state index < -0.39 is 0 Å². The Balaban J connectivity index is 1.77. The molecule has 0 saturated heterocycles. The van der Waals surface area contributed by atoms with Gasteiger partial charge in [0, 0.05) is 10.6 Å². The van der Waals surface area contributed by atoms with E-state index in [1.54, 1.807) is 0 Å². The van der Waals surface area contributed by atoms with E-state index in [9.17, 15) is 10.1 Å². The first-order valence-electron chi connectivity index (χ1n) is 9.28. The fourth-order valence-corrected chi connectivity index (χ4v) is 4.62. The molecule has 0 amide bonds. The van der Waals surface area contributed by atoms with Gasteiger partial charge < -0.3 is 0 Å². The van der Waals surface area contributed by atoms with Crippen LogP contribution < -0.4 is 0 Å². The molecule has 0 aliphatic rings. The lowest BCUT2D eigenvalue weighted by atomic mass is 10.0. The maximum atomic E-state index is 11.5. The number of aryl methyl sites for hydroxylation is 2. The molecule has 0 aliphatic carbocycles. The van der Waals surface area contributed by atoms with Crippen LogP contribution in [0, 0.1) is 24.0 Å². The molecule has 0 N–H and O–H groups in total. The monoisotopic (exact) mass is 404 g/mol. The lowest BCUT2D eigenvalue weighted by Gasteiger charge is -2.16. The van der Waals surface area contributed by atoms with Gasteiger partial charge in [-0.05, 0) is 42.3 Å². The zero-order chi connectivity index (χ0) is 20.4. The van der Waals surface area contributed by atoms with Crippen LogP contribution in [0.1, 0.15) is 22.2 Å². The third-order valence-corrected chi connectivity index (χ3v) is 5.98. The summed E-state index contributed by atoms with van der Waals surface area (Å²) in [6.07, 6.45) is 0. The van der Waals surface area contributed by atoms with Crippen LogP contribution in [0.2, 0.25) is 0 Å². The van der Waals surface area contributed by atoms with E-state index in [1.807, 2.05) is 85.1 Å². The number of aromatic nitrogens is 3. The Morgan fingerprint density at radius 3 is 2.48 bits per heavy atom. The van der Waals surface area contributed by atoms with Gasteiger partial charge in [-0.1, -0.05) is 71.9 Å². The standard InChI is InChI=1S/C22H20N4O2S/c1-15-10-12-18(13-11-15)26-16(2)23-24-22(26)29-21(14-25(27)28)20-9-5-7-17-6-3-4-8-19(17)20/h3-13,21H,14H2,1-2H3/t21-/m1/s1. The molecule has 4 aromatic rings. The Hall–Kier alpha value is -3.19. The molecule has 0 fully saturated rings. The lowest BCUT2D eigenvalue weighted by Crippen LogP contribution is -2.11. The van der Waals surface area contributed by atoms with Gasteiger partial charge in [0.05, 0.1) is 0 Å². The molecule has 1 atom stereocenters. The zero-order valence-electron chi connectivity index (χ0n) is 16.1. The second-order valence-electron chi connectivity index (χ2n) is 6.89. The number of benzene rings is 3. The number of hydrogen-bond donors (Lipinski definition) is 0. The highest BCUT2D eigenvalue weighted by molar-refractivity contribution is 7.99. The van der Waals surface area contributed by atoms with E-state index in [0.717, 1.165) is 33.4 Å². The molecule has 1 aromatic heterocycles. The summed E-state index contributed by atoms with van der Waals surface area (Å²) < 4.78 is 1.95. The van der Waals surface area contributed by atoms with Gasteiger partial charge in [0.15, 0.2) is 5.16 Å². The SMILES string of the molecule is Cc1ccc(-n2c(C)nnc2S[C@H](C[N+](=O)[O-])c2cccc3ccccc23)cc1. The van der Waals surface area contributed by atoms with E-state index in [2.05, 4.69) is 10.2 Å². The smallest absolute Gasteiger partial charge is 0.220 e. The Labute approximate surface area is 172 Å². The molecule has 1 heterocycles. The Kier molecular flexibility index (Phi) is 5.31. The second-order valence-corrected chi connectivity index (χ2v) is 8.06. The highest BCUT2D eigenvalue weighted by Crippen LogP contribution is 2.38. The van der Waals surface area contributed by atoms with Crippen molar-refractivity contribution in [1.82, 2.24) is 14.8 Å². The topological polar surface area (TPSA) is 73.8 Å². The fourth-order valence-electron chi connectivity index (χ4n) is 3.40. The Bertz CT molecular complexity index is 1170. The molecule has 29 heavy (non-hydrogen) atoms. The summed E-state index contributed by atoms with van der Waals surface area (Å²) in [7, 11) is 0. The highest BCUT2D eigenvalue weighted by atomic mass is 32.2. The first kappa shape index (κ1) is 19.1. The number of fused-ring (bicyclic) bond motifs is 1. The molecule has 3 aromatic carbocycles. The van der Waals surface area contributed by atoms with Crippen molar-refractivity contribution in [3.8, 4) is 5.69 Å². The first-order valence-corrected chi connectivity index (χ1v) is 10.2. The molecule has 0 bridgehead atoms. The predicted molar refractivity (Wildman–Crippen MR) is 115 cm³/mol. The fraction of sp³-hybridized carbons (Fsp3) is 0.182. The summed E-state index contributed by atoms with van der Waals surface area (Å²) in [5, 5.41) is 22.3. The predicted octanol–water partition coefficient (Wildman–Crippen LogP) is 5.15. The van der Waals surface area contributed by atoms with Gasteiger partial charge in [0.1, 0.15) is 11.1 Å². The summed E-state index contributed by atoms with van der Waals surface area (Å²) in [5.74, 6) is 0.745. The maximum Gasteiger partial charge on any atom is 0.220 e. The molecular weight excluding hydrogens is 384 g/mol. The van der Waals surface area contributed by atoms with Crippen molar-refractivity contribution in [2.45, 2.75) is 24.3 Å². The summed E-state index contributed by atoms with van der Waals surface area (Å²) in [6.45, 7) is 3.72. The van der Waals surface area contributed by atoms with E-state index in [-0.39, 0.29) is 16.7 Å². The van der Waals surface area contributed by atoms with Crippen molar-refractivity contribution in [2.75, 3.05) is 6.54 Å². The minimum atomic E-state index is -0.385. The van der Waals surface area contributed by atoms with Gasteiger partial charge in [-0.2, -0.15) is 0 Å². The lowest BCUT2D eigenvalue weighted by molar-refractivity contribution is -0.479. The van der Waals surface area contributed by atoms with Crippen molar-refractivity contribution in [2.24, 2.45) is 0 Å². The summed E-state index contributed by atoms with van der Waals surface area (Å²) >= 11 is 1.38. The van der Waals surface area contributed by atoms with Crippen molar-refractivity contribution in [1.29, 1.82) is 0 Å². The van der Waals surface area contributed by atoms with E-state index >= 15 is 0 Å². The van der Waals surface area contributed by atoms with Gasteiger partial charge >= 0.3 is 0 Å². The van der Waals surface area contributed by atoms with Crippen LogP contribution in [-0.4, -0.2) is 26.2 Å². The van der Waals surface area contributed by atoms with Crippen LogP contribution in [0.15, 0.2) is 71.9 Å². The molecule has 4 rings (SSSR count). The highest BCUT2D eigenvalue weighted by Gasteiger charge is 2.25. The average molecular weight is 404 g/mol. The number of nitrogens with zero attached hydrogens (tertiary/aromatic N) is 4. The molecule has 0 saturated carbocycles. The molecular formula is C22H20N4O2S. The van der Waals surface area contributed by atoms with Crippen molar-refractivity contribution < 1.29 is 4.92 Å². The van der Waals surface area contributed by atoms with E-state index in [0.29, 0.717) is 5.16 Å². The molecule has 6 nitrogen and oxygen atoms in total. The molecule has 146 valence electrons. The molecule has 0 aliphatic heterocycles. The molecule has 0 spiro atoms. The summed E-state index contributed by atoms with van der Waals surface area (Å²) in [6, 6.07) is 22.0. The normalized spacial score (nSPS) is 12.2. The van der Waals surface area contributed by atoms with Crippen molar-refractivity contribution in [3.63, 3.8) is 0 Å². The van der Waals surface area contributed by atoms with Crippen LogP contribution in [0.5, 0.6) is 0 Å². The third-order valence-electron chi connectivity index (χ3n) is 4.82. The number of rotatable bonds is 6. The maximum absolute atomic E-state index is 11.5. The molecule has 0 unspecified atom stereocenters. The van der Waals surface area contributed by atoms with Crippen LogP contribution in [0.3, 0.4) is 0 Å². The van der Waals surface area contributed by atoms with Crippen LogP contribution in [-0.2, 0) is 0 Å². The van der Waals surface area contributed by atoms with Gasteiger partial charge in [-0.15, -0.1) is 10.2 Å². The number of hydrogen-bond acceptors (Lipinski definition) is 5. The van der Waals surface area contributed by atoms with Crippen LogP contribution in [0.25, 0.3) is 16.5 Å². The van der Waals surface area contributed by atoms with Gasteiger partial charge in [0.2, 0.25) is 6.54 Å². The van der Waals surface area contributed by atoms with Gasteiger partial charge in [-0.25, -0.2) is 0 Å². The van der Waals surface area contributed by atoms with Crippen molar-refractivity contribution in [3.05, 3.63) is 93.8 Å². The Morgan fingerprint density at radius 1 is 1.00 bits per heavy atom. The first-order chi connectivity index (χ1) is 14.0. The van der Waals surface area contributed by atoms with Crippen LogP contribution >= 0.6 is 11.8 Å². The summed E-state index contributed by atoms with van der Waals surface area (Å²) in [4.78, 5) is 11.2. The van der Waals surface area contributed by atoms with E-state index in [4.69, 9.17) is 0 Å². The largest absolute Gasteiger partial charge is 0.274 e. The third kappa shape index (κ3) is 4.00. The molecule has 7 heteroatoms. The average Bonchev–Trinajstić information content (AvgIpc) is 3.07. The minimum Gasteiger partial charge on any atom is -0.274 e. The quantitative estimate of drug-likeness (QED) is 0.252. The van der Waals surface area contributed by atoms with E-state index in [1.165, 1.54) is 11.8 Å². The minimum absolute atomic E-state index is 0.196.